The Hall–Kier alpha value is -1.37. The number of nitrogens with one attached hydrogen (secondary N) is 1. The van der Waals surface area contributed by atoms with Gasteiger partial charge in [0.2, 0.25) is 11.8 Å². The Kier molecular flexibility index (Phi) is 6.55. The lowest BCUT2D eigenvalue weighted by Gasteiger charge is -2.16. The van der Waals surface area contributed by atoms with Crippen molar-refractivity contribution in [2.45, 2.75) is 26.2 Å². The van der Waals surface area contributed by atoms with Crippen LogP contribution in [0.5, 0.6) is 0 Å². The predicted molar refractivity (Wildman–Crippen MR) is 75.2 cm³/mol. The normalized spacial score (nSPS) is 10.3. The van der Waals surface area contributed by atoms with Crippen LogP contribution in [0.2, 0.25) is 0 Å². The first-order valence-corrected chi connectivity index (χ1v) is 7.18. The number of alkyl halides is 1. The Morgan fingerprint density at radius 3 is 2.79 bits per heavy atom. The van der Waals surface area contributed by atoms with Crippen molar-refractivity contribution >= 4 is 33.6 Å². The van der Waals surface area contributed by atoms with Gasteiger partial charge in [-0.15, -0.1) is 0 Å². The Balaban J connectivity index is 2.32. The molecule has 0 bridgehead atoms. The van der Waals surface area contributed by atoms with Gasteiger partial charge in [0.05, 0.1) is 6.54 Å². The second kappa shape index (κ2) is 7.93. The lowest BCUT2D eigenvalue weighted by molar-refractivity contribution is -0.133. The van der Waals surface area contributed by atoms with Crippen molar-refractivity contribution < 1.29 is 14.1 Å². The molecular weight excluding hydrogens is 314 g/mol. The van der Waals surface area contributed by atoms with E-state index in [1.807, 2.05) is 0 Å². The second-order valence-electron chi connectivity index (χ2n) is 4.27. The third-order valence-corrected chi connectivity index (χ3v) is 3.04. The van der Waals surface area contributed by atoms with E-state index < -0.39 is 0 Å². The number of hydrogen-bond acceptors (Lipinski definition) is 4. The summed E-state index contributed by atoms with van der Waals surface area (Å²) in [6.45, 7) is 1.75. The van der Waals surface area contributed by atoms with Crippen molar-refractivity contribution in [1.29, 1.82) is 0 Å². The van der Waals surface area contributed by atoms with E-state index in [4.69, 9.17) is 4.52 Å². The van der Waals surface area contributed by atoms with Gasteiger partial charge in [0.25, 0.3) is 0 Å². The fraction of sp³-hybridized carbons (Fsp3) is 0.583. The molecule has 0 fully saturated rings. The molecule has 1 aromatic rings. The van der Waals surface area contributed by atoms with Crippen molar-refractivity contribution in [1.82, 2.24) is 10.1 Å². The number of unbranched alkanes of at least 4 members (excludes halogenated alkanes) is 1. The Labute approximate surface area is 120 Å². The molecule has 0 saturated carbocycles. The first-order valence-electron chi connectivity index (χ1n) is 6.06. The number of likely N-dealkylation sites (N-methyl/N-ethyl adjacent to an activating group) is 1. The van der Waals surface area contributed by atoms with Crippen LogP contribution in [0.4, 0.5) is 5.82 Å². The number of nitrogens with zero attached hydrogens (tertiary/aromatic N) is 2. The third-order valence-electron chi connectivity index (χ3n) is 2.48. The number of hydrogen-bond donors (Lipinski definition) is 1. The van der Waals surface area contributed by atoms with Crippen LogP contribution in [-0.2, 0) is 9.59 Å². The van der Waals surface area contributed by atoms with Gasteiger partial charge in [0, 0.05) is 24.9 Å². The van der Waals surface area contributed by atoms with Crippen LogP contribution >= 0.6 is 15.9 Å². The minimum Gasteiger partial charge on any atom is -0.360 e. The van der Waals surface area contributed by atoms with Crippen LogP contribution in [0.25, 0.3) is 0 Å². The zero-order valence-electron chi connectivity index (χ0n) is 11.1. The lowest BCUT2D eigenvalue weighted by atomic mass is 10.2. The monoisotopic (exact) mass is 331 g/mol. The molecule has 7 heteroatoms. The van der Waals surface area contributed by atoms with Crippen molar-refractivity contribution in [2.24, 2.45) is 0 Å². The fourth-order valence-electron chi connectivity index (χ4n) is 1.47. The van der Waals surface area contributed by atoms with Crippen molar-refractivity contribution in [3.05, 3.63) is 11.8 Å². The Morgan fingerprint density at radius 2 is 2.21 bits per heavy atom. The highest BCUT2D eigenvalue weighted by atomic mass is 79.9. The molecule has 106 valence electrons. The van der Waals surface area contributed by atoms with Crippen LogP contribution in [0.3, 0.4) is 0 Å². The molecule has 19 heavy (non-hydrogen) atoms. The van der Waals surface area contributed by atoms with Crippen molar-refractivity contribution in [3.8, 4) is 0 Å². The highest BCUT2D eigenvalue weighted by Crippen LogP contribution is 2.07. The zero-order chi connectivity index (χ0) is 14.3. The molecule has 1 rings (SSSR count). The van der Waals surface area contributed by atoms with Gasteiger partial charge in [-0.3, -0.25) is 9.59 Å². The quantitative estimate of drug-likeness (QED) is 0.612. The maximum absolute atomic E-state index is 11.7. The summed E-state index contributed by atoms with van der Waals surface area (Å²) >= 11 is 3.31. The fourth-order valence-corrected chi connectivity index (χ4v) is 1.87. The molecule has 6 nitrogen and oxygen atoms in total. The smallest absolute Gasteiger partial charge is 0.245 e. The molecule has 0 unspecified atom stereocenters. The van der Waals surface area contributed by atoms with Gasteiger partial charge in [0.15, 0.2) is 5.82 Å². The van der Waals surface area contributed by atoms with E-state index in [1.165, 1.54) is 4.90 Å². The summed E-state index contributed by atoms with van der Waals surface area (Å²) in [6, 6.07) is 1.62. The minimum atomic E-state index is -0.287. The summed E-state index contributed by atoms with van der Waals surface area (Å²) in [4.78, 5) is 24.8. The number of amides is 2. The molecule has 0 saturated heterocycles. The van der Waals surface area contributed by atoms with E-state index in [-0.39, 0.29) is 18.4 Å². The molecule has 2 amide bonds. The highest BCUT2D eigenvalue weighted by molar-refractivity contribution is 9.09. The molecule has 1 aromatic heterocycles. The summed E-state index contributed by atoms with van der Waals surface area (Å²) in [6.07, 6.45) is 2.22. The molecule has 1 heterocycles. The molecular formula is C12H18BrN3O3. The van der Waals surface area contributed by atoms with E-state index in [9.17, 15) is 9.59 Å². The first-order chi connectivity index (χ1) is 9.02. The number of anilines is 1. The van der Waals surface area contributed by atoms with Crippen LogP contribution < -0.4 is 5.32 Å². The third kappa shape index (κ3) is 5.87. The van der Waals surface area contributed by atoms with Crippen LogP contribution in [0, 0.1) is 6.92 Å². The standard InChI is InChI=1S/C12H18BrN3O3/c1-9-7-10(15-19-9)14-11(17)8-16(2)12(18)5-3-4-6-13/h7H,3-6,8H2,1-2H3,(H,14,15,17). The van der Waals surface area contributed by atoms with Gasteiger partial charge < -0.3 is 14.7 Å². The van der Waals surface area contributed by atoms with E-state index in [1.54, 1.807) is 20.0 Å². The van der Waals surface area contributed by atoms with E-state index >= 15 is 0 Å². The van der Waals surface area contributed by atoms with Crippen LogP contribution in [0.15, 0.2) is 10.6 Å². The summed E-state index contributed by atoms with van der Waals surface area (Å²) in [5.41, 5.74) is 0. The topological polar surface area (TPSA) is 75.4 Å². The van der Waals surface area contributed by atoms with E-state index in [0.717, 1.165) is 18.2 Å². The van der Waals surface area contributed by atoms with Crippen molar-refractivity contribution in [2.75, 3.05) is 24.2 Å². The molecule has 0 aliphatic rings. The van der Waals surface area contributed by atoms with Gasteiger partial charge >= 0.3 is 0 Å². The Morgan fingerprint density at radius 1 is 1.47 bits per heavy atom. The summed E-state index contributed by atoms with van der Waals surface area (Å²) < 4.78 is 4.83. The second-order valence-corrected chi connectivity index (χ2v) is 5.06. The first kappa shape index (κ1) is 15.7. The molecule has 0 aliphatic carbocycles. The molecule has 0 aliphatic heterocycles. The predicted octanol–water partition coefficient (Wildman–Crippen LogP) is 1.95. The molecule has 0 aromatic carbocycles. The molecule has 0 atom stereocenters. The number of aryl methyl sites for hydroxylation is 1. The van der Waals surface area contributed by atoms with Crippen molar-refractivity contribution in [3.63, 3.8) is 0 Å². The minimum absolute atomic E-state index is 0.0129. The zero-order valence-corrected chi connectivity index (χ0v) is 12.7. The number of aromatic nitrogens is 1. The maximum Gasteiger partial charge on any atom is 0.245 e. The van der Waals surface area contributed by atoms with Gasteiger partial charge in [0.1, 0.15) is 5.76 Å². The van der Waals surface area contributed by atoms with E-state index in [0.29, 0.717) is 18.0 Å². The number of carbonyl (C=O) groups excluding carboxylic acids is 2. The molecule has 0 spiro atoms. The van der Waals surface area contributed by atoms with Gasteiger partial charge in [-0.05, 0) is 19.8 Å². The summed E-state index contributed by atoms with van der Waals surface area (Å²) in [5, 5.41) is 7.11. The van der Waals surface area contributed by atoms with Gasteiger partial charge in [-0.25, -0.2) is 0 Å². The van der Waals surface area contributed by atoms with Crippen LogP contribution in [-0.4, -0.2) is 40.8 Å². The van der Waals surface area contributed by atoms with Crippen LogP contribution in [0.1, 0.15) is 25.0 Å². The largest absolute Gasteiger partial charge is 0.360 e. The van der Waals surface area contributed by atoms with E-state index in [2.05, 4.69) is 26.4 Å². The lowest BCUT2D eigenvalue weighted by Crippen LogP contribution is -2.34. The average molecular weight is 332 g/mol. The summed E-state index contributed by atoms with van der Waals surface area (Å²) in [5.74, 6) is 0.661. The molecule has 1 N–H and O–H groups in total. The van der Waals surface area contributed by atoms with Gasteiger partial charge in [-0.2, -0.15) is 0 Å². The number of rotatable bonds is 7. The number of halogens is 1. The maximum atomic E-state index is 11.7. The molecule has 0 radical (unpaired) electrons. The average Bonchev–Trinajstić information content (AvgIpc) is 2.74. The van der Waals surface area contributed by atoms with Gasteiger partial charge in [-0.1, -0.05) is 21.1 Å². The Bertz CT molecular complexity index is 434. The number of carbonyl (C=O) groups is 2. The highest BCUT2D eigenvalue weighted by Gasteiger charge is 2.13. The SMILES string of the molecule is Cc1cc(NC(=O)CN(C)C(=O)CCCCBr)no1. The summed E-state index contributed by atoms with van der Waals surface area (Å²) in [7, 11) is 1.62.